The molecule has 0 radical (unpaired) electrons. The van der Waals surface area contributed by atoms with Crippen LogP contribution in [-0.4, -0.2) is 27.9 Å². The molecule has 1 rings (SSSR count). The SMILES string of the molecule is CC(Br)CC(=O)OCc1ccc(CC(N)C(=O)O)cc1. The quantitative estimate of drug-likeness (QED) is 0.582. The minimum absolute atomic E-state index is 0.0925. The van der Waals surface area contributed by atoms with Crippen LogP contribution in [0.5, 0.6) is 0 Å². The molecule has 0 spiro atoms. The summed E-state index contributed by atoms with van der Waals surface area (Å²) in [5.74, 6) is -1.28. The first-order chi connectivity index (χ1) is 9.38. The second kappa shape index (κ2) is 8.01. The summed E-state index contributed by atoms with van der Waals surface area (Å²) in [5, 5.41) is 8.73. The number of rotatable bonds is 7. The molecule has 0 aliphatic rings. The Hall–Kier alpha value is -1.40. The van der Waals surface area contributed by atoms with E-state index in [2.05, 4.69) is 15.9 Å². The van der Waals surface area contributed by atoms with E-state index in [-0.39, 0.29) is 23.8 Å². The molecule has 0 aliphatic carbocycles. The van der Waals surface area contributed by atoms with Gasteiger partial charge in [-0.15, -0.1) is 0 Å². The van der Waals surface area contributed by atoms with Crippen LogP contribution in [0.3, 0.4) is 0 Å². The lowest BCUT2D eigenvalue weighted by atomic mass is 10.1. The van der Waals surface area contributed by atoms with Gasteiger partial charge in [-0.2, -0.15) is 0 Å². The Bertz CT molecular complexity index is 459. The van der Waals surface area contributed by atoms with Crippen LogP contribution in [0.4, 0.5) is 0 Å². The topological polar surface area (TPSA) is 89.6 Å². The van der Waals surface area contributed by atoms with Crippen molar-refractivity contribution in [2.45, 2.75) is 37.2 Å². The summed E-state index contributed by atoms with van der Waals surface area (Å²) in [4.78, 5) is 22.1. The largest absolute Gasteiger partial charge is 0.480 e. The van der Waals surface area contributed by atoms with Crippen molar-refractivity contribution in [2.24, 2.45) is 5.73 Å². The second-order valence-corrected chi connectivity index (χ2v) is 6.17. The average Bonchev–Trinajstić information content (AvgIpc) is 2.37. The average molecular weight is 344 g/mol. The number of carbonyl (C=O) groups is 2. The summed E-state index contributed by atoms with van der Waals surface area (Å²) in [6.07, 6.45) is 0.599. The third-order valence-corrected chi connectivity index (χ3v) is 2.97. The monoisotopic (exact) mass is 343 g/mol. The number of aliphatic carboxylic acids is 1. The summed E-state index contributed by atoms with van der Waals surface area (Å²) in [6.45, 7) is 2.09. The highest BCUT2D eigenvalue weighted by molar-refractivity contribution is 9.09. The van der Waals surface area contributed by atoms with E-state index in [1.807, 2.05) is 6.92 Å². The number of hydrogen-bond acceptors (Lipinski definition) is 4. The minimum Gasteiger partial charge on any atom is -0.480 e. The highest BCUT2D eigenvalue weighted by atomic mass is 79.9. The van der Waals surface area contributed by atoms with Crippen molar-refractivity contribution in [1.82, 2.24) is 0 Å². The zero-order valence-corrected chi connectivity index (χ0v) is 12.8. The third kappa shape index (κ3) is 6.16. The van der Waals surface area contributed by atoms with Crippen molar-refractivity contribution in [3.63, 3.8) is 0 Å². The highest BCUT2D eigenvalue weighted by Crippen LogP contribution is 2.10. The van der Waals surface area contributed by atoms with Crippen molar-refractivity contribution in [3.05, 3.63) is 35.4 Å². The molecule has 3 N–H and O–H groups in total. The van der Waals surface area contributed by atoms with E-state index in [4.69, 9.17) is 15.6 Å². The Morgan fingerprint density at radius 3 is 2.35 bits per heavy atom. The van der Waals surface area contributed by atoms with Crippen LogP contribution in [-0.2, 0) is 27.4 Å². The van der Waals surface area contributed by atoms with Gasteiger partial charge in [0.25, 0.3) is 0 Å². The van der Waals surface area contributed by atoms with Gasteiger partial charge in [-0.3, -0.25) is 9.59 Å². The molecule has 20 heavy (non-hydrogen) atoms. The van der Waals surface area contributed by atoms with Crippen LogP contribution in [0.2, 0.25) is 0 Å². The molecule has 1 aromatic carbocycles. The van der Waals surface area contributed by atoms with Gasteiger partial charge in [0.15, 0.2) is 0 Å². The number of carboxylic acid groups (broad SMARTS) is 1. The van der Waals surface area contributed by atoms with Gasteiger partial charge in [-0.05, 0) is 17.5 Å². The molecule has 0 amide bonds. The number of carbonyl (C=O) groups excluding carboxylic acids is 1. The summed E-state index contributed by atoms with van der Waals surface area (Å²) in [7, 11) is 0. The van der Waals surface area contributed by atoms with Crippen molar-refractivity contribution >= 4 is 27.9 Å². The maximum Gasteiger partial charge on any atom is 0.320 e. The third-order valence-electron chi connectivity index (χ3n) is 2.64. The van der Waals surface area contributed by atoms with E-state index < -0.39 is 12.0 Å². The summed E-state index contributed by atoms with van der Waals surface area (Å²) < 4.78 is 5.11. The Morgan fingerprint density at radius 2 is 1.85 bits per heavy atom. The number of nitrogens with two attached hydrogens (primary N) is 1. The fraction of sp³-hybridized carbons (Fsp3) is 0.429. The lowest BCUT2D eigenvalue weighted by Crippen LogP contribution is -2.32. The molecule has 0 aliphatic heterocycles. The number of ether oxygens (including phenoxy) is 1. The first-order valence-electron chi connectivity index (χ1n) is 6.24. The molecule has 5 nitrogen and oxygen atoms in total. The van der Waals surface area contributed by atoms with Gasteiger partial charge >= 0.3 is 11.9 Å². The van der Waals surface area contributed by atoms with Gasteiger partial charge < -0.3 is 15.6 Å². The predicted octanol–water partition coefficient (Wildman–Crippen LogP) is 1.86. The van der Waals surface area contributed by atoms with Crippen molar-refractivity contribution in [3.8, 4) is 0 Å². The van der Waals surface area contributed by atoms with Crippen LogP contribution in [0, 0.1) is 0 Å². The maximum absolute atomic E-state index is 11.4. The van der Waals surface area contributed by atoms with Crippen LogP contribution >= 0.6 is 15.9 Å². The van der Waals surface area contributed by atoms with Gasteiger partial charge in [-0.25, -0.2) is 0 Å². The van der Waals surface area contributed by atoms with Gasteiger partial charge in [0.2, 0.25) is 0 Å². The molecule has 2 atom stereocenters. The molecule has 1 aromatic rings. The highest BCUT2D eigenvalue weighted by Gasteiger charge is 2.12. The van der Waals surface area contributed by atoms with Gasteiger partial charge in [0.1, 0.15) is 12.6 Å². The number of esters is 1. The Balaban J connectivity index is 2.46. The molecule has 0 fully saturated rings. The van der Waals surface area contributed by atoms with Gasteiger partial charge in [0.05, 0.1) is 6.42 Å². The molecular formula is C14H18BrNO4. The summed E-state index contributed by atoms with van der Waals surface area (Å²) >= 11 is 3.28. The normalized spacial score (nSPS) is 13.6. The number of alkyl halides is 1. The van der Waals surface area contributed by atoms with Crippen molar-refractivity contribution in [1.29, 1.82) is 0 Å². The van der Waals surface area contributed by atoms with Crippen LogP contribution in [0.25, 0.3) is 0 Å². The standard InChI is InChI=1S/C14H18BrNO4/c1-9(15)6-13(17)20-8-11-4-2-10(3-5-11)7-12(16)14(18)19/h2-5,9,12H,6-8,16H2,1H3,(H,18,19). The number of benzene rings is 1. The molecule has 0 saturated heterocycles. The second-order valence-electron chi connectivity index (χ2n) is 4.61. The van der Waals surface area contributed by atoms with E-state index in [9.17, 15) is 9.59 Å². The molecule has 110 valence electrons. The smallest absolute Gasteiger partial charge is 0.320 e. The fourth-order valence-electron chi connectivity index (χ4n) is 1.57. The number of halogens is 1. The Morgan fingerprint density at radius 1 is 1.30 bits per heavy atom. The zero-order chi connectivity index (χ0) is 15.1. The van der Waals surface area contributed by atoms with Crippen LogP contribution in [0.15, 0.2) is 24.3 Å². The summed E-state index contributed by atoms with van der Waals surface area (Å²) in [5.41, 5.74) is 7.15. The molecule has 0 saturated carbocycles. The predicted molar refractivity (Wildman–Crippen MR) is 78.6 cm³/mol. The van der Waals surface area contributed by atoms with E-state index in [0.29, 0.717) is 6.42 Å². The molecular weight excluding hydrogens is 326 g/mol. The van der Waals surface area contributed by atoms with Gasteiger partial charge in [-0.1, -0.05) is 47.1 Å². The number of carboxylic acids is 1. The van der Waals surface area contributed by atoms with E-state index in [1.165, 1.54) is 0 Å². The molecule has 6 heteroatoms. The van der Waals surface area contributed by atoms with Crippen LogP contribution < -0.4 is 5.73 Å². The fourth-order valence-corrected chi connectivity index (χ4v) is 1.83. The van der Waals surface area contributed by atoms with Crippen molar-refractivity contribution in [2.75, 3.05) is 0 Å². The maximum atomic E-state index is 11.4. The lowest BCUT2D eigenvalue weighted by Gasteiger charge is -2.08. The minimum atomic E-state index is -1.02. The molecule has 0 aromatic heterocycles. The Labute approximate surface area is 126 Å². The Kier molecular flexibility index (Phi) is 6.67. The first-order valence-corrected chi connectivity index (χ1v) is 7.16. The van der Waals surface area contributed by atoms with E-state index >= 15 is 0 Å². The van der Waals surface area contributed by atoms with E-state index in [0.717, 1.165) is 11.1 Å². The first kappa shape index (κ1) is 16.7. The van der Waals surface area contributed by atoms with Crippen molar-refractivity contribution < 1.29 is 19.4 Å². The molecule has 0 heterocycles. The molecule has 2 unspecified atom stereocenters. The molecule has 0 bridgehead atoms. The summed E-state index contributed by atoms with van der Waals surface area (Å²) in [6, 6.07) is 6.28. The van der Waals surface area contributed by atoms with Crippen LogP contribution in [0.1, 0.15) is 24.5 Å². The number of hydrogen-bond donors (Lipinski definition) is 2. The lowest BCUT2D eigenvalue weighted by molar-refractivity contribution is -0.144. The van der Waals surface area contributed by atoms with E-state index in [1.54, 1.807) is 24.3 Å². The zero-order valence-electron chi connectivity index (χ0n) is 11.2. The van der Waals surface area contributed by atoms with Gasteiger partial charge in [0, 0.05) is 4.83 Å².